The molecule has 0 atom stereocenters. The Morgan fingerprint density at radius 2 is 2.11 bits per heavy atom. The number of rotatable bonds is 5. The SMILES string of the molecule is CCN(CCCO)C(=O)c1c(C)c(C)n[nH]c1=O. The summed E-state index contributed by atoms with van der Waals surface area (Å²) >= 11 is 0. The number of aryl methyl sites for hydroxylation is 1. The van der Waals surface area contributed by atoms with Crippen molar-refractivity contribution in [2.24, 2.45) is 0 Å². The molecule has 6 heteroatoms. The normalized spacial score (nSPS) is 10.4. The van der Waals surface area contributed by atoms with Crippen LogP contribution in [0.5, 0.6) is 0 Å². The van der Waals surface area contributed by atoms with E-state index in [4.69, 9.17) is 5.11 Å². The van der Waals surface area contributed by atoms with Gasteiger partial charge in [0.2, 0.25) is 0 Å². The third kappa shape index (κ3) is 2.95. The van der Waals surface area contributed by atoms with Crippen LogP contribution in [0.3, 0.4) is 0 Å². The lowest BCUT2D eigenvalue weighted by Gasteiger charge is -2.21. The smallest absolute Gasteiger partial charge is 0.277 e. The predicted molar refractivity (Wildman–Crippen MR) is 67.6 cm³/mol. The number of aromatic nitrogens is 2. The molecular formula is C12H19N3O3. The third-order valence-corrected chi connectivity index (χ3v) is 2.94. The Hall–Kier alpha value is -1.69. The highest BCUT2D eigenvalue weighted by Crippen LogP contribution is 2.08. The number of carbonyl (C=O) groups excluding carboxylic acids is 1. The second-order valence-electron chi connectivity index (χ2n) is 4.10. The van der Waals surface area contributed by atoms with E-state index in [1.165, 1.54) is 0 Å². The largest absolute Gasteiger partial charge is 0.396 e. The summed E-state index contributed by atoms with van der Waals surface area (Å²) in [6.07, 6.45) is 0.501. The average molecular weight is 253 g/mol. The van der Waals surface area contributed by atoms with E-state index < -0.39 is 5.56 Å². The maximum absolute atomic E-state index is 12.3. The number of nitrogens with zero attached hydrogens (tertiary/aromatic N) is 2. The zero-order valence-corrected chi connectivity index (χ0v) is 11.0. The summed E-state index contributed by atoms with van der Waals surface area (Å²) in [7, 11) is 0. The summed E-state index contributed by atoms with van der Waals surface area (Å²) < 4.78 is 0. The summed E-state index contributed by atoms with van der Waals surface area (Å²) in [6.45, 7) is 6.25. The molecule has 0 aliphatic carbocycles. The number of aliphatic hydroxyl groups is 1. The van der Waals surface area contributed by atoms with Crippen LogP contribution in [0.25, 0.3) is 0 Å². The van der Waals surface area contributed by atoms with E-state index in [2.05, 4.69) is 10.2 Å². The van der Waals surface area contributed by atoms with Gasteiger partial charge in [-0.25, -0.2) is 5.10 Å². The molecule has 0 aliphatic heterocycles. The molecule has 1 aromatic heterocycles. The van der Waals surface area contributed by atoms with Crippen LogP contribution in [0.2, 0.25) is 0 Å². The molecule has 0 saturated carbocycles. The minimum atomic E-state index is -0.467. The molecule has 0 aliphatic rings. The lowest BCUT2D eigenvalue weighted by molar-refractivity contribution is 0.0751. The first-order chi connectivity index (χ1) is 8.52. The maximum atomic E-state index is 12.3. The molecule has 1 amide bonds. The lowest BCUT2D eigenvalue weighted by Crippen LogP contribution is -2.37. The van der Waals surface area contributed by atoms with Gasteiger partial charge in [-0.1, -0.05) is 0 Å². The molecule has 2 N–H and O–H groups in total. The topological polar surface area (TPSA) is 86.3 Å². The fraction of sp³-hybridized carbons (Fsp3) is 0.583. The third-order valence-electron chi connectivity index (χ3n) is 2.94. The van der Waals surface area contributed by atoms with Crippen molar-refractivity contribution in [3.63, 3.8) is 0 Å². The molecule has 0 bridgehead atoms. The molecule has 18 heavy (non-hydrogen) atoms. The molecular weight excluding hydrogens is 234 g/mol. The Morgan fingerprint density at radius 1 is 1.44 bits per heavy atom. The fourth-order valence-electron chi connectivity index (χ4n) is 1.71. The van der Waals surface area contributed by atoms with Crippen LogP contribution in [0.15, 0.2) is 4.79 Å². The summed E-state index contributed by atoms with van der Waals surface area (Å²) in [5.41, 5.74) is 0.912. The standard InChI is InChI=1S/C12H19N3O3/c1-4-15(6-5-7-16)12(18)10-8(2)9(3)13-14-11(10)17/h16H,4-7H2,1-3H3,(H,14,17). The molecule has 6 nitrogen and oxygen atoms in total. The first-order valence-corrected chi connectivity index (χ1v) is 5.98. The number of nitrogens with one attached hydrogen (secondary N) is 1. The van der Waals surface area contributed by atoms with Gasteiger partial charge in [-0.3, -0.25) is 9.59 Å². The van der Waals surface area contributed by atoms with Crippen LogP contribution in [-0.2, 0) is 0 Å². The zero-order chi connectivity index (χ0) is 13.7. The number of carbonyl (C=O) groups is 1. The van der Waals surface area contributed by atoms with Crippen LogP contribution < -0.4 is 5.56 Å². The number of hydrogen-bond donors (Lipinski definition) is 2. The van der Waals surface area contributed by atoms with Gasteiger partial charge in [0.15, 0.2) is 0 Å². The summed E-state index contributed by atoms with van der Waals surface area (Å²) in [5, 5.41) is 14.9. The molecule has 0 spiro atoms. The van der Waals surface area contributed by atoms with Gasteiger partial charge in [-0.05, 0) is 32.8 Å². The lowest BCUT2D eigenvalue weighted by atomic mass is 10.1. The van der Waals surface area contributed by atoms with E-state index >= 15 is 0 Å². The van der Waals surface area contributed by atoms with Gasteiger partial charge in [-0.2, -0.15) is 5.10 Å². The van der Waals surface area contributed by atoms with Crippen LogP contribution in [0, 0.1) is 13.8 Å². The van der Waals surface area contributed by atoms with Crippen LogP contribution in [0.1, 0.15) is 35.0 Å². The van der Waals surface area contributed by atoms with Crippen molar-refractivity contribution < 1.29 is 9.90 Å². The van der Waals surface area contributed by atoms with E-state index in [0.29, 0.717) is 30.8 Å². The van der Waals surface area contributed by atoms with Gasteiger partial charge < -0.3 is 10.0 Å². The number of hydrogen-bond acceptors (Lipinski definition) is 4. The summed E-state index contributed by atoms with van der Waals surface area (Å²) in [4.78, 5) is 25.5. The maximum Gasteiger partial charge on any atom is 0.277 e. The van der Waals surface area contributed by atoms with Gasteiger partial charge in [0.25, 0.3) is 11.5 Å². The molecule has 0 fully saturated rings. The molecule has 0 saturated heterocycles. The zero-order valence-electron chi connectivity index (χ0n) is 11.0. The van der Waals surface area contributed by atoms with Crippen molar-refractivity contribution in [1.82, 2.24) is 15.1 Å². The van der Waals surface area contributed by atoms with Crippen LogP contribution in [0.4, 0.5) is 0 Å². The monoisotopic (exact) mass is 253 g/mol. The molecule has 0 aromatic carbocycles. The van der Waals surface area contributed by atoms with Crippen molar-refractivity contribution >= 4 is 5.91 Å². The van der Waals surface area contributed by atoms with Crippen molar-refractivity contribution in [2.45, 2.75) is 27.2 Å². The fourth-order valence-corrected chi connectivity index (χ4v) is 1.71. The summed E-state index contributed by atoms with van der Waals surface area (Å²) in [5.74, 6) is -0.310. The predicted octanol–water partition coefficient (Wildman–Crippen LogP) is 0.231. The molecule has 100 valence electrons. The Balaban J connectivity index is 3.09. The van der Waals surface area contributed by atoms with Gasteiger partial charge in [0, 0.05) is 19.7 Å². The van der Waals surface area contributed by atoms with Gasteiger partial charge in [-0.15, -0.1) is 0 Å². The summed E-state index contributed by atoms with van der Waals surface area (Å²) in [6, 6.07) is 0. The number of aromatic amines is 1. The molecule has 0 radical (unpaired) electrons. The average Bonchev–Trinajstić information content (AvgIpc) is 2.35. The quantitative estimate of drug-likeness (QED) is 0.786. The van der Waals surface area contributed by atoms with E-state index in [1.54, 1.807) is 18.7 Å². The molecule has 0 unspecified atom stereocenters. The molecule has 1 heterocycles. The van der Waals surface area contributed by atoms with Gasteiger partial charge >= 0.3 is 0 Å². The highest BCUT2D eigenvalue weighted by atomic mass is 16.3. The van der Waals surface area contributed by atoms with E-state index in [1.807, 2.05) is 6.92 Å². The molecule has 1 aromatic rings. The Labute approximate surface area is 106 Å². The minimum absolute atomic E-state index is 0.0223. The first kappa shape index (κ1) is 14.4. The van der Waals surface area contributed by atoms with Crippen molar-refractivity contribution in [2.75, 3.05) is 19.7 Å². The van der Waals surface area contributed by atoms with Crippen LogP contribution in [-0.4, -0.2) is 45.8 Å². The minimum Gasteiger partial charge on any atom is -0.396 e. The van der Waals surface area contributed by atoms with Gasteiger partial charge in [0.05, 0.1) is 5.69 Å². The van der Waals surface area contributed by atoms with Gasteiger partial charge in [0.1, 0.15) is 5.56 Å². The number of aliphatic hydroxyl groups excluding tert-OH is 1. The van der Waals surface area contributed by atoms with Crippen molar-refractivity contribution in [3.8, 4) is 0 Å². The Kier molecular flexibility index (Phi) is 5.03. The van der Waals surface area contributed by atoms with E-state index in [-0.39, 0.29) is 18.1 Å². The Bertz CT molecular complexity index is 482. The molecule has 1 rings (SSSR count). The van der Waals surface area contributed by atoms with Crippen LogP contribution >= 0.6 is 0 Å². The highest BCUT2D eigenvalue weighted by Gasteiger charge is 2.20. The second-order valence-corrected chi connectivity index (χ2v) is 4.10. The van der Waals surface area contributed by atoms with Crippen molar-refractivity contribution in [3.05, 3.63) is 27.2 Å². The van der Waals surface area contributed by atoms with Crippen molar-refractivity contribution in [1.29, 1.82) is 0 Å². The number of amides is 1. The second kappa shape index (κ2) is 6.30. The number of H-pyrrole nitrogens is 1. The van der Waals surface area contributed by atoms with E-state index in [9.17, 15) is 9.59 Å². The highest BCUT2D eigenvalue weighted by molar-refractivity contribution is 5.95. The Morgan fingerprint density at radius 3 is 2.67 bits per heavy atom. The van der Waals surface area contributed by atoms with E-state index in [0.717, 1.165) is 0 Å². The first-order valence-electron chi connectivity index (χ1n) is 5.98.